The summed E-state index contributed by atoms with van der Waals surface area (Å²) in [6, 6.07) is 8.34. The molecule has 1 aromatic carbocycles. The van der Waals surface area contributed by atoms with Crippen molar-refractivity contribution in [1.82, 2.24) is 5.01 Å². The average molecular weight is 354 g/mol. The predicted molar refractivity (Wildman–Crippen MR) is 95.9 cm³/mol. The Hall–Kier alpha value is -3.42. The molecule has 1 aliphatic heterocycles. The number of hydrogen-bond acceptors (Lipinski definition) is 5. The number of aryl methyl sites for hydroxylation is 1. The number of rotatable bonds is 4. The van der Waals surface area contributed by atoms with E-state index in [1.165, 1.54) is 18.3 Å². The van der Waals surface area contributed by atoms with Crippen LogP contribution in [0.25, 0.3) is 0 Å². The topological polar surface area (TPSA) is 104 Å². The lowest BCUT2D eigenvalue weighted by Crippen LogP contribution is -2.34. The molecule has 0 saturated carbocycles. The van der Waals surface area contributed by atoms with Crippen molar-refractivity contribution in [1.29, 1.82) is 0 Å². The Balaban J connectivity index is 1.68. The van der Waals surface area contributed by atoms with Crippen LogP contribution >= 0.6 is 0 Å². The summed E-state index contributed by atoms with van der Waals surface area (Å²) in [6.45, 7) is 1.82. The van der Waals surface area contributed by atoms with Crippen LogP contribution in [0, 0.1) is 6.92 Å². The minimum Gasteiger partial charge on any atom is -0.459 e. The van der Waals surface area contributed by atoms with E-state index in [1.807, 2.05) is 6.92 Å². The van der Waals surface area contributed by atoms with Crippen LogP contribution in [0.4, 0.5) is 11.4 Å². The van der Waals surface area contributed by atoms with Crippen LogP contribution in [0.5, 0.6) is 0 Å². The van der Waals surface area contributed by atoms with Gasteiger partial charge in [0.25, 0.3) is 11.8 Å². The standard InChI is InChI=1S/C18H18N4O4/c1-11-10-12(19-17(24)14-7-8-16(23)22(2)21-14)5-6-13(11)20-18(25)15-4-3-9-26-15/h3-6,9-10H,7-8H2,1-2H3,(H,19,24)(H,20,25). The van der Waals surface area contributed by atoms with Crippen LogP contribution in [-0.2, 0) is 9.59 Å². The summed E-state index contributed by atoms with van der Waals surface area (Å²) in [6.07, 6.45) is 2.00. The van der Waals surface area contributed by atoms with Crippen LogP contribution in [-0.4, -0.2) is 35.5 Å². The molecule has 134 valence electrons. The van der Waals surface area contributed by atoms with Gasteiger partial charge in [0.15, 0.2) is 5.76 Å². The Morgan fingerprint density at radius 3 is 2.62 bits per heavy atom. The van der Waals surface area contributed by atoms with Crippen molar-refractivity contribution in [3.8, 4) is 0 Å². The minimum atomic E-state index is -0.351. The highest BCUT2D eigenvalue weighted by atomic mass is 16.3. The number of nitrogens with zero attached hydrogens (tertiary/aromatic N) is 2. The number of hydrogen-bond donors (Lipinski definition) is 2. The molecule has 0 saturated heterocycles. The van der Waals surface area contributed by atoms with Crippen LogP contribution in [0.15, 0.2) is 46.1 Å². The van der Waals surface area contributed by atoms with Crippen LogP contribution < -0.4 is 10.6 Å². The largest absolute Gasteiger partial charge is 0.459 e. The summed E-state index contributed by atoms with van der Waals surface area (Å²) in [7, 11) is 1.52. The van der Waals surface area contributed by atoms with Gasteiger partial charge >= 0.3 is 0 Å². The van der Waals surface area contributed by atoms with Crippen molar-refractivity contribution in [3.05, 3.63) is 47.9 Å². The molecule has 0 fully saturated rings. The molecule has 0 atom stereocenters. The Kier molecular flexibility index (Phi) is 4.83. The number of amides is 3. The first-order valence-corrected chi connectivity index (χ1v) is 8.05. The Bertz CT molecular complexity index is 887. The molecule has 3 rings (SSSR count). The van der Waals surface area contributed by atoms with Gasteiger partial charge in [-0.05, 0) is 42.8 Å². The normalized spacial score (nSPS) is 14.0. The third kappa shape index (κ3) is 3.80. The van der Waals surface area contributed by atoms with Crippen molar-refractivity contribution >= 4 is 34.8 Å². The second-order valence-corrected chi connectivity index (χ2v) is 5.88. The fraction of sp³-hybridized carbons (Fsp3) is 0.222. The summed E-state index contributed by atoms with van der Waals surface area (Å²) in [4.78, 5) is 35.7. The van der Waals surface area contributed by atoms with E-state index in [1.54, 1.807) is 30.3 Å². The second kappa shape index (κ2) is 7.22. The van der Waals surface area contributed by atoms with Gasteiger partial charge in [0.05, 0.1) is 6.26 Å². The summed E-state index contributed by atoms with van der Waals surface area (Å²) < 4.78 is 5.06. The minimum absolute atomic E-state index is 0.117. The van der Waals surface area contributed by atoms with Gasteiger partial charge < -0.3 is 15.1 Å². The van der Waals surface area contributed by atoms with Gasteiger partial charge in [0.2, 0.25) is 5.91 Å². The van der Waals surface area contributed by atoms with Crippen LogP contribution in [0.1, 0.15) is 29.0 Å². The van der Waals surface area contributed by atoms with Crippen LogP contribution in [0.3, 0.4) is 0 Å². The van der Waals surface area contributed by atoms with E-state index >= 15 is 0 Å². The molecule has 1 aliphatic rings. The zero-order valence-electron chi connectivity index (χ0n) is 14.4. The van der Waals surface area contributed by atoms with Gasteiger partial charge in [-0.1, -0.05) is 0 Å². The first-order chi connectivity index (χ1) is 12.4. The first-order valence-electron chi connectivity index (χ1n) is 8.05. The monoisotopic (exact) mass is 354 g/mol. The lowest BCUT2D eigenvalue weighted by Gasteiger charge is -2.19. The lowest BCUT2D eigenvalue weighted by molar-refractivity contribution is -0.130. The summed E-state index contributed by atoms with van der Waals surface area (Å²) >= 11 is 0. The number of furan rings is 1. The molecule has 2 heterocycles. The molecule has 0 bridgehead atoms. The molecule has 2 aromatic rings. The maximum absolute atomic E-state index is 12.3. The number of hydrazone groups is 1. The molecule has 3 amide bonds. The highest BCUT2D eigenvalue weighted by Gasteiger charge is 2.22. The number of carbonyl (C=O) groups is 3. The molecule has 8 heteroatoms. The zero-order chi connectivity index (χ0) is 18.7. The molecule has 0 spiro atoms. The highest BCUT2D eigenvalue weighted by molar-refractivity contribution is 6.43. The summed E-state index contributed by atoms with van der Waals surface area (Å²) in [5.74, 6) is -0.597. The predicted octanol–water partition coefficient (Wildman–Crippen LogP) is 2.39. The van der Waals surface area contributed by atoms with Crippen molar-refractivity contribution in [2.75, 3.05) is 17.7 Å². The third-order valence-corrected chi connectivity index (χ3v) is 3.95. The van der Waals surface area contributed by atoms with E-state index in [9.17, 15) is 14.4 Å². The maximum atomic E-state index is 12.3. The molecular formula is C18H18N4O4. The van der Waals surface area contributed by atoms with Crippen molar-refractivity contribution in [3.63, 3.8) is 0 Å². The smallest absolute Gasteiger partial charge is 0.291 e. The maximum Gasteiger partial charge on any atom is 0.291 e. The van der Waals surface area contributed by atoms with E-state index in [2.05, 4.69) is 15.7 Å². The van der Waals surface area contributed by atoms with E-state index < -0.39 is 0 Å². The second-order valence-electron chi connectivity index (χ2n) is 5.88. The molecule has 8 nitrogen and oxygen atoms in total. The van der Waals surface area contributed by atoms with Crippen molar-refractivity contribution < 1.29 is 18.8 Å². The molecule has 1 aromatic heterocycles. The average Bonchev–Trinajstić information content (AvgIpc) is 3.14. The quantitative estimate of drug-likeness (QED) is 0.879. The Morgan fingerprint density at radius 2 is 1.96 bits per heavy atom. The first kappa shape index (κ1) is 17.4. The lowest BCUT2D eigenvalue weighted by atomic mass is 10.1. The van der Waals surface area contributed by atoms with E-state index in [0.29, 0.717) is 23.5 Å². The fourth-order valence-electron chi connectivity index (χ4n) is 2.51. The van der Waals surface area contributed by atoms with Crippen molar-refractivity contribution in [2.45, 2.75) is 19.8 Å². The fourth-order valence-corrected chi connectivity index (χ4v) is 2.51. The Morgan fingerprint density at radius 1 is 1.15 bits per heavy atom. The molecule has 2 N–H and O–H groups in total. The highest BCUT2D eigenvalue weighted by Crippen LogP contribution is 2.21. The van der Waals surface area contributed by atoms with E-state index in [0.717, 1.165) is 5.56 Å². The molecule has 0 unspecified atom stereocenters. The van der Waals surface area contributed by atoms with Gasteiger partial charge in [-0.15, -0.1) is 0 Å². The summed E-state index contributed by atoms with van der Waals surface area (Å²) in [5.41, 5.74) is 2.27. The van der Waals surface area contributed by atoms with Gasteiger partial charge in [-0.3, -0.25) is 14.4 Å². The van der Waals surface area contributed by atoms with Gasteiger partial charge in [0, 0.05) is 31.3 Å². The SMILES string of the molecule is Cc1cc(NC(=O)C2=NN(C)C(=O)CC2)ccc1NC(=O)c1ccco1. The number of anilines is 2. The Labute approximate surface area is 149 Å². The van der Waals surface area contributed by atoms with Gasteiger partial charge in [-0.2, -0.15) is 5.10 Å². The zero-order valence-corrected chi connectivity index (χ0v) is 14.4. The molecule has 0 radical (unpaired) electrons. The molecule has 26 heavy (non-hydrogen) atoms. The van der Waals surface area contributed by atoms with Crippen LogP contribution in [0.2, 0.25) is 0 Å². The summed E-state index contributed by atoms with van der Waals surface area (Å²) in [5, 5.41) is 10.7. The van der Waals surface area contributed by atoms with E-state index in [4.69, 9.17) is 4.42 Å². The number of benzene rings is 1. The van der Waals surface area contributed by atoms with Gasteiger partial charge in [0.1, 0.15) is 5.71 Å². The third-order valence-electron chi connectivity index (χ3n) is 3.95. The van der Waals surface area contributed by atoms with E-state index in [-0.39, 0.29) is 29.9 Å². The molecular weight excluding hydrogens is 336 g/mol. The van der Waals surface area contributed by atoms with Crippen molar-refractivity contribution in [2.24, 2.45) is 5.10 Å². The van der Waals surface area contributed by atoms with Gasteiger partial charge in [-0.25, -0.2) is 5.01 Å². The molecule has 0 aliphatic carbocycles. The number of carbonyl (C=O) groups excluding carboxylic acids is 3. The number of nitrogens with one attached hydrogen (secondary N) is 2.